The predicted octanol–water partition coefficient (Wildman–Crippen LogP) is 2.95. The van der Waals surface area contributed by atoms with Crippen molar-refractivity contribution in [2.24, 2.45) is 0 Å². The monoisotopic (exact) mass is 310 g/mol. The zero-order valence-electron chi connectivity index (χ0n) is 13.1. The van der Waals surface area contributed by atoms with E-state index in [4.69, 9.17) is 14.7 Å². The molecule has 0 aliphatic rings. The smallest absolute Gasteiger partial charge is 0.228 e. The Hall–Kier alpha value is -3.00. The van der Waals surface area contributed by atoms with Gasteiger partial charge in [-0.2, -0.15) is 5.26 Å². The van der Waals surface area contributed by atoms with E-state index < -0.39 is 0 Å². The lowest BCUT2D eigenvalue weighted by molar-refractivity contribution is -0.115. The van der Waals surface area contributed by atoms with Crippen molar-refractivity contribution in [3.05, 3.63) is 53.6 Å². The first kappa shape index (κ1) is 16.4. The number of carbonyl (C=O) groups excluding carboxylic acids is 1. The maximum Gasteiger partial charge on any atom is 0.228 e. The third kappa shape index (κ3) is 4.48. The molecule has 0 aliphatic carbocycles. The fraction of sp³-hybridized carbons (Fsp3) is 0.222. The van der Waals surface area contributed by atoms with Crippen LogP contribution in [0.15, 0.2) is 42.5 Å². The minimum atomic E-state index is -0.149. The minimum absolute atomic E-state index is 0.149. The number of hydrogen-bond acceptors (Lipinski definition) is 4. The van der Waals surface area contributed by atoms with Crippen LogP contribution in [-0.4, -0.2) is 20.1 Å². The largest absolute Gasteiger partial charge is 0.497 e. The number of nitrogens with one attached hydrogen (secondary N) is 1. The van der Waals surface area contributed by atoms with Crippen LogP contribution in [-0.2, 0) is 17.6 Å². The molecule has 0 aliphatic heterocycles. The second-order valence-electron chi connectivity index (χ2n) is 4.93. The molecule has 0 radical (unpaired) electrons. The Bertz CT molecular complexity index is 718. The standard InChI is InChI=1S/C18H18N2O3/c1-22-16-7-8-17(23-2)14(11-16)12-18(21)20-15-5-3-13(4-6-15)9-10-19/h3-8,11H,9,12H2,1-2H3,(H,20,21). The summed E-state index contributed by atoms with van der Waals surface area (Å²) in [7, 11) is 3.14. The third-order valence-electron chi connectivity index (χ3n) is 3.36. The van der Waals surface area contributed by atoms with Crippen LogP contribution >= 0.6 is 0 Å². The quantitative estimate of drug-likeness (QED) is 0.890. The lowest BCUT2D eigenvalue weighted by atomic mass is 10.1. The third-order valence-corrected chi connectivity index (χ3v) is 3.36. The van der Waals surface area contributed by atoms with Crippen molar-refractivity contribution < 1.29 is 14.3 Å². The van der Waals surface area contributed by atoms with E-state index in [0.717, 1.165) is 11.1 Å². The average molecular weight is 310 g/mol. The number of anilines is 1. The number of hydrogen-bond donors (Lipinski definition) is 1. The minimum Gasteiger partial charge on any atom is -0.497 e. The van der Waals surface area contributed by atoms with Gasteiger partial charge in [0.1, 0.15) is 11.5 Å². The van der Waals surface area contributed by atoms with Gasteiger partial charge in [0.05, 0.1) is 33.1 Å². The molecule has 0 unspecified atom stereocenters. The molecule has 5 heteroatoms. The molecule has 5 nitrogen and oxygen atoms in total. The van der Waals surface area contributed by atoms with Gasteiger partial charge in [-0.05, 0) is 35.9 Å². The molecular formula is C18H18N2O3. The van der Waals surface area contributed by atoms with Gasteiger partial charge in [0.2, 0.25) is 5.91 Å². The molecule has 2 rings (SSSR count). The summed E-state index contributed by atoms with van der Waals surface area (Å²) in [5.41, 5.74) is 2.36. The fourth-order valence-electron chi connectivity index (χ4n) is 2.20. The van der Waals surface area contributed by atoms with Gasteiger partial charge in [-0.1, -0.05) is 12.1 Å². The van der Waals surface area contributed by atoms with E-state index in [9.17, 15) is 4.79 Å². The van der Waals surface area contributed by atoms with Crippen molar-refractivity contribution in [3.63, 3.8) is 0 Å². The lowest BCUT2D eigenvalue weighted by Crippen LogP contribution is -2.15. The van der Waals surface area contributed by atoms with Gasteiger partial charge in [-0.3, -0.25) is 4.79 Å². The average Bonchev–Trinajstić information content (AvgIpc) is 2.56. The first-order chi connectivity index (χ1) is 11.2. The number of rotatable bonds is 6. The summed E-state index contributed by atoms with van der Waals surface area (Å²) in [5, 5.41) is 11.5. The van der Waals surface area contributed by atoms with E-state index in [1.807, 2.05) is 12.1 Å². The molecule has 0 saturated heterocycles. The molecular weight excluding hydrogens is 292 g/mol. The molecule has 2 aromatic rings. The van der Waals surface area contributed by atoms with Gasteiger partial charge in [0.15, 0.2) is 0 Å². The summed E-state index contributed by atoms with van der Waals surface area (Å²) in [4.78, 5) is 12.2. The zero-order chi connectivity index (χ0) is 16.7. The molecule has 118 valence electrons. The van der Waals surface area contributed by atoms with Gasteiger partial charge >= 0.3 is 0 Å². The molecule has 1 amide bonds. The highest BCUT2D eigenvalue weighted by Gasteiger charge is 2.10. The first-order valence-electron chi connectivity index (χ1n) is 7.13. The molecule has 0 heterocycles. The number of nitriles is 1. The summed E-state index contributed by atoms with van der Waals surface area (Å²) >= 11 is 0. The van der Waals surface area contributed by atoms with E-state index >= 15 is 0 Å². The number of methoxy groups -OCH3 is 2. The molecule has 23 heavy (non-hydrogen) atoms. The van der Waals surface area contributed by atoms with E-state index in [0.29, 0.717) is 23.6 Å². The van der Waals surface area contributed by atoms with Gasteiger partial charge in [0, 0.05) is 11.3 Å². The molecule has 1 N–H and O–H groups in total. The van der Waals surface area contributed by atoms with Gasteiger partial charge in [-0.25, -0.2) is 0 Å². The van der Waals surface area contributed by atoms with Crippen molar-refractivity contribution in [1.82, 2.24) is 0 Å². The van der Waals surface area contributed by atoms with Gasteiger partial charge < -0.3 is 14.8 Å². The van der Waals surface area contributed by atoms with Crippen LogP contribution in [0.4, 0.5) is 5.69 Å². The van der Waals surface area contributed by atoms with Crippen LogP contribution in [0.3, 0.4) is 0 Å². The fourth-order valence-corrected chi connectivity index (χ4v) is 2.20. The Morgan fingerprint density at radius 1 is 1.13 bits per heavy atom. The van der Waals surface area contributed by atoms with E-state index in [1.54, 1.807) is 44.6 Å². The molecule has 0 aromatic heterocycles. The molecule has 0 bridgehead atoms. The van der Waals surface area contributed by atoms with Crippen LogP contribution < -0.4 is 14.8 Å². The number of nitrogens with zero attached hydrogens (tertiary/aromatic N) is 1. The Balaban J connectivity index is 2.06. The number of carbonyl (C=O) groups is 1. The zero-order valence-corrected chi connectivity index (χ0v) is 13.1. The second kappa shape index (κ2) is 7.85. The first-order valence-corrected chi connectivity index (χ1v) is 7.13. The number of amides is 1. The van der Waals surface area contributed by atoms with Crippen molar-refractivity contribution >= 4 is 11.6 Å². The summed E-state index contributed by atoms with van der Waals surface area (Å²) in [6, 6.07) is 14.7. The van der Waals surface area contributed by atoms with E-state index in [2.05, 4.69) is 11.4 Å². The van der Waals surface area contributed by atoms with Crippen molar-refractivity contribution in [1.29, 1.82) is 5.26 Å². The number of ether oxygens (including phenoxy) is 2. The summed E-state index contributed by atoms with van der Waals surface area (Å²) < 4.78 is 10.4. The maximum atomic E-state index is 12.2. The van der Waals surface area contributed by atoms with Crippen LogP contribution in [0, 0.1) is 11.3 Å². The molecule has 0 atom stereocenters. The van der Waals surface area contributed by atoms with Crippen LogP contribution in [0.25, 0.3) is 0 Å². The van der Waals surface area contributed by atoms with Crippen molar-refractivity contribution in [3.8, 4) is 17.6 Å². The number of benzene rings is 2. The van der Waals surface area contributed by atoms with Crippen LogP contribution in [0.2, 0.25) is 0 Å². The molecule has 0 saturated carbocycles. The Labute approximate surface area is 135 Å². The second-order valence-corrected chi connectivity index (χ2v) is 4.93. The summed E-state index contributed by atoms with van der Waals surface area (Å²) in [5.74, 6) is 1.17. The molecule has 0 fully saturated rings. The Morgan fingerprint density at radius 3 is 2.48 bits per heavy atom. The van der Waals surface area contributed by atoms with Crippen LogP contribution in [0.1, 0.15) is 11.1 Å². The van der Waals surface area contributed by atoms with Crippen molar-refractivity contribution in [2.75, 3.05) is 19.5 Å². The van der Waals surface area contributed by atoms with Crippen LogP contribution in [0.5, 0.6) is 11.5 Å². The van der Waals surface area contributed by atoms with Gasteiger partial charge in [-0.15, -0.1) is 0 Å². The summed E-state index contributed by atoms with van der Waals surface area (Å²) in [6.45, 7) is 0. The maximum absolute atomic E-state index is 12.2. The Morgan fingerprint density at radius 2 is 1.87 bits per heavy atom. The topological polar surface area (TPSA) is 71.3 Å². The highest BCUT2D eigenvalue weighted by atomic mass is 16.5. The molecule has 2 aromatic carbocycles. The lowest BCUT2D eigenvalue weighted by Gasteiger charge is -2.11. The van der Waals surface area contributed by atoms with E-state index in [-0.39, 0.29) is 12.3 Å². The SMILES string of the molecule is COc1ccc(OC)c(CC(=O)Nc2ccc(CC#N)cc2)c1. The normalized spacial score (nSPS) is 9.78. The van der Waals surface area contributed by atoms with E-state index in [1.165, 1.54) is 0 Å². The Kier molecular flexibility index (Phi) is 5.59. The van der Waals surface area contributed by atoms with Gasteiger partial charge in [0.25, 0.3) is 0 Å². The predicted molar refractivity (Wildman–Crippen MR) is 87.6 cm³/mol. The highest BCUT2D eigenvalue weighted by molar-refractivity contribution is 5.92. The molecule has 0 spiro atoms. The highest BCUT2D eigenvalue weighted by Crippen LogP contribution is 2.24. The summed E-state index contributed by atoms with van der Waals surface area (Å²) in [6.07, 6.45) is 0.537. The van der Waals surface area contributed by atoms with Crippen molar-refractivity contribution in [2.45, 2.75) is 12.8 Å².